The number of sulfonamides is 1. The van der Waals surface area contributed by atoms with Gasteiger partial charge in [0.15, 0.2) is 0 Å². The summed E-state index contributed by atoms with van der Waals surface area (Å²) in [5, 5.41) is 3.27. The molecule has 2 saturated carbocycles. The maximum Gasteiger partial charge on any atom is 0.223 e. The molecule has 0 aromatic heterocycles. The zero-order valence-corrected chi connectivity index (χ0v) is 16.0. The van der Waals surface area contributed by atoms with Gasteiger partial charge in [0.1, 0.15) is 0 Å². The molecule has 2 bridgehead atoms. The van der Waals surface area contributed by atoms with Crippen LogP contribution in [0, 0.1) is 17.8 Å². The average Bonchev–Trinajstić information content (AvgIpc) is 3.25. The summed E-state index contributed by atoms with van der Waals surface area (Å²) in [4.78, 5) is 12.6. The van der Waals surface area contributed by atoms with Crippen molar-refractivity contribution in [2.24, 2.45) is 17.8 Å². The van der Waals surface area contributed by atoms with Crippen LogP contribution in [0.5, 0.6) is 0 Å². The van der Waals surface area contributed by atoms with E-state index in [-0.39, 0.29) is 17.6 Å². The van der Waals surface area contributed by atoms with Crippen molar-refractivity contribution in [1.29, 1.82) is 0 Å². The van der Waals surface area contributed by atoms with Crippen molar-refractivity contribution in [3.63, 3.8) is 0 Å². The van der Waals surface area contributed by atoms with Gasteiger partial charge in [-0.3, -0.25) is 4.79 Å². The molecule has 5 nitrogen and oxygen atoms in total. The fraction of sp³-hybridized carbons (Fsp3) is 0.650. The van der Waals surface area contributed by atoms with Crippen LogP contribution >= 0.6 is 0 Å². The number of nitrogens with one attached hydrogen (secondary N) is 1. The lowest BCUT2D eigenvalue weighted by Crippen LogP contribution is -2.46. The van der Waals surface area contributed by atoms with Gasteiger partial charge in [-0.25, -0.2) is 12.7 Å². The molecule has 1 heterocycles. The van der Waals surface area contributed by atoms with E-state index in [4.69, 9.17) is 0 Å². The lowest BCUT2D eigenvalue weighted by atomic mass is 9.93. The molecule has 0 spiro atoms. The van der Waals surface area contributed by atoms with Crippen LogP contribution in [0.25, 0.3) is 0 Å². The van der Waals surface area contributed by atoms with E-state index < -0.39 is 10.0 Å². The standard InChI is InChI=1S/C20H28N2O3S/c23-20(21-19-13-16-6-7-18(19)12-16)17-8-10-22(11-9-17)26(24,25)14-15-4-2-1-3-5-15/h1-5,16-19H,6-14H2,(H,21,23)/t16-,18+,19+/m0/s1. The van der Waals surface area contributed by atoms with Crippen LogP contribution in [0.15, 0.2) is 30.3 Å². The third kappa shape index (κ3) is 3.81. The molecule has 6 heteroatoms. The van der Waals surface area contributed by atoms with Crippen molar-refractivity contribution in [3.8, 4) is 0 Å². The molecule has 3 atom stereocenters. The molecule has 1 saturated heterocycles. The third-order valence-corrected chi connectivity index (χ3v) is 8.33. The van der Waals surface area contributed by atoms with Gasteiger partial charge in [0.05, 0.1) is 5.75 Å². The first-order chi connectivity index (χ1) is 12.5. The number of nitrogens with zero attached hydrogens (tertiary/aromatic N) is 1. The Labute approximate surface area is 156 Å². The fourth-order valence-electron chi connectivity index (χ4n) is 4.99. The molecule has 0 unspecified atom stereocenters. The topological polar surface area (TPSA) is 66.5 Å². The highest BCUT2D eigenvalue weighted by Gasteiger charge is 2.41. The van der Waals surface area contributed by atoms with Crippen molar-refractivity contribution >= 4 is 15.9 Å². The summed E-state index contributed by atoms with van der Waals surface area (Å²) in [6.07, 6.45) is 6.25. The van der Waals surface area contributed by atoms with E-state index in [1.165, 1.54) is 19.3 Å². The fourth-order valence-corrected chi connectivity index (χ4v) is 6.56. The monoisotopic (exact) mass is 376 g/mol. The molecule has 1 aromatic rings. The minimum Gasteiger partial charge on any atom is -0.353 e. The van der Waals surface area contributed by atoms with Gasteiger partial charge < -0.3 is 5.32 Å². The molecule has 3 fully saturated rings. The van der Waals surface area contributed by atoms with Gasteiger partial charge in [-0.15, -0.1) is 0 Å². The average molecular weight is 377 g/mol. The van der Waals surface area contributed by atoms with Gasteiger partial charge in [0.2, 0.25) is 15.9 Å². The van der Waals surface area contributed by atoms with E-state index in [1.54, 1.807) is 4.31 Å². The molecule has 142 valence electrons. The lowest BCUT2D eigenvalue weighted by Gasteiger charge is -2.32. The van der Waals surface area contributed by atoms with Crippen molar-refractivity contribution < 1.29 is 13.2 Å². The highest BCUT2D eigenvalue weighted by molar-refractivity contribution is 7.88. The molecule has 1 amide bonds. The van der Waals surface area contributed by atoms with Crippen LogP contribution in [0.1, 0.15) is 44.1 Å². The normalized spacial score (nSPS) is 29.8. The van der Waals surface area contributed by atoms with Crippen molar-refractivity contribution in [2.45, 2.75) is 50.3 Å². The van der Waals surface area contributed by atoms with E-state index >= 15 is 0 Å². The van der Waals surface area contributed by atoms with E-state index in [9.17, 15) is 13.2 Å². The Kier molecular flexibility index (Phi) is 5.06. The lowest BCUT2D eigenvalue weighted by molar-refractivity contribution is -0.127. The summed E-state index contributed by atoms with van der Waals surface area (Å²) in [6, 6.07) is 9.64. The smallest absolute Gasteiger partial charge is 0.223 e. The van der Waals surface area contributed by atoms with Crippen LogP contribution in [0.3, 0.4) is 0 Å². The van der Waals surface area contributed by atoms with E-state index in [1.807, 2.05) is 30.3 Å². The first kappa shape index (κ1) is 18.0. The Bertz CT molecular complexity index is 742. The molecular formula is C20H28N2O3S. The Hall–Kier alpha value is -1.40. The second kappa shape index (κ2) is 7.31. The molecule has 4 rings (SSSR count). The molecule has 2 aliphatic carbocycles. The first-order valence-electron chi connectivity index (χ1n) is 9.83. The number of carbonyl (C=O) groups is 1. The zero-order chi connectivity index (χ0) is 18.1. The van der Waals surface area contributed by atoms with Crippen LogP contribution in [0.4, 0.5) is 0 Å². The number of amides is 1. The van der Waals surface area contributed by atoms with Gasteiger partial charge in [-0.2, -0.15) is 0 Å². The van der Waals surface area contributed by atoms with Crippen molar-refractivity contribution in [1.82, 2.24) is 9.62 Å². The molecule has 0 radical (unpaired) electrons. The minimum atomic E-state index is -3.31. The molecule has 26 heavy (non-hydrogen) atoms. The minimum absolute atomic E-state index is 0.0375. The molecule has 1 aliphatic heterocycles. The van der Waals surface area contributed by atoms with Crippen LogP contribution in [0.2, 0.25) is 0 Å². The Balaban J connectivity index is 1.29. The Morgan fingerprint density at radius 3 is 2.38 bits per heavy atom. The number of carbonyl (C=O) groups excluding carboxylic acids is 1. The second-order valence-corrected chi connectivity index (χ2v) is 10.2. The number of piperidine rings is 1. The number of fused-ring (bicyclic) bond motifs is 2. The summed E-state index contributed by atoms with van der Waals surface area (Å²) in [6.45, 7) is 0.897. The summed E-state index contributed by atoms with van der Waals surface area (Å²) < 4.78 is 26.8. The van der Waals surface area contributed by atoms with Crippen molar-refractivity contribution in [2.75, 3.05) is 13.1 Å². The predicted molar refractivity (Wildman–Crippen MR) is 101 cm³/mol. The summed E-state index contributed by atoms with van der Waals surface area (Å²) in [5.41, 5.74) is 0.809. The summed E-state index contributed by atoms with van der Waals surface area (Å²) >= 11 is 0. The number of hydrogen-bond donors (Lipinski definition) is 1. The SMILES string of the molecule is O=C(N[C@@H]1C[C@H]2CC[C@@H]1C2)C1CCN(S(=O)(=O)Cc2ccccc2)CC1. The second-order valence-electron chi connectivity index (χ2n) is 8.21. The molecule has 1 aromatic carbocycles. The number of rotatable bonds is 5. The molecular weight excluding hydrogens is 348 g/mol. The van der Waals surface area contributed by atoms with E-state index in [0.717, 1.165) is 17.9 Å². The third-order valence-electron chi connectivity index (χ3n) is 6.48. The Morgan fingerprint density at radius 2 is 1.77 bits per heavy atom. The van der Waals surface area contributed by atoms with E-state index in [2.05, 4.69) is 5.32 Å². The number of hydrogen-bond acceptors (Lipinski definition) is 3. The van der Waals surface area contributed by atoms with Crippen LogP contribution in [-0.2, 0) is 20.6 Å². The largest absolute Gasteiger partial charge is 0.353 e. The van der Waals surface area contributed by atoms with E-state index in [0.29, 0.717) is 37.9 Å². The quantitative estimate of drug-likeness (QED) is 0.859. The van der Waals surface area contributed by atoms with Gasteiger partial charge in [0.25, 0.3) is 0 Å². The van der Waals surface area contributed by atoms with Gasteiger partial charge in [0, 0.05) is 25.0 Å². The summed E-state index contributed by atoms with van der Waals surface area (Å²) in [5.74, 6) is 1.63. The van der Waals surface area contributed by atoms with Gasteiger partial charge in [-0.05, 0) is 49.5 Å². The molecule has 3 aliphatic rings. The highest BCUT2D eigenvalue weighted by Crippen LogP contribution is 2.44. The Morgan fingerprint density at radius 1 is 1.04 bits per heavy atom. The van der Waals surface area contributed by atoms with Crippen LogP contribution in [-0.4, -0.2) is 37.8 Å². The highest BCUT2D eigenvalue weighted by atomic mass is 32.2. The molecule has 1 N–H and O–H groups in total. The van der Waals surface area contributed by atoms with Crippen molar-refractivity contribution in [3.05, 3.63) is 35.9 Å². The van der Waals surface area contributed by atoms with Gasteiger partial charge >= 0.3 is 0 Å². The first-order valence-corrected chi connectivity index (χ1v) is 11.4. The van der Waals surface area contributed by atoms with Gasteiger partial charge in [-0.1, -0.05) is 36.8 Å². The maximum atomic E-state index is 12.6. The van der Waals surface area contributed by atoms with Crippen LogP contribution < -0.4 is 5.32 Å². The zero-order valence-electron chi connectivity index (χ0n) is 15.1. The predicted octanol–water partition coefficient (Wildman–Crippen LogP) is 2.53. The number of benzene rings is 1. The summed E-state index contributed by atoms with van der Waals surface area (Å²) in [7, 11) is -3.31. The maximum absolute atomic E-state index is 12.6.